The van der Waals surface area contributed by atoms with E-state index in [4.69, 9.17) is 11.1 Å². The summed E-state index contributed by atoms with van der Waals surface area (Å²) in [5.74, 6) is 0.0671. The molecule has 2 aromatic carbocycles. The summed E-state index contributed by atoms with van der Waals surface area (Å²) in [5.41, 5.74) is 7.58. The Morgan fingerprint density at radius 1 is 1.05 bits per heavy atom. The van der Waals surface area contributed by atoms with E-state index < -0.39 is 0 Å². The molecule has 0 unspecified atom stereocenters. The Balaban J connectivity index is 2.27. The Bertz CT molecular complexity index is 722. The zero-order valence-electron chi connectivity index (χ0n) is 11.3. The van der Waals surface area contributed by atoms with E-state index in [1.54, 1.807) is 18.2 Å². The number of nitrogens with two attached hydrogens (primary N) is 1. The summed E-state index contributed by atoms with van der Waals surface area (Å²) in [7, 11) is 0. The quantitative estimate of drug-likeness (QED) is 0.512. The summed E-state index contributed by atoms with van der Waals surface area (Å²) in [4.78, 5) is 4.00. The van der Waals surface area contributed by atoms with Gasteiger partial charge in [-0.15, -0.1) is 0 Å². The van der Waals surface area contributed by atoms with E-state index in [0.717, 1.165) is 5.56 Å². The van der Waals surface area contributed by atoms with Crippen molar-refractivity contribution in [3.8, 4) is 6.07 Å². The van der Waals surface area contributed by atoms with Crippen LogP contribution in [0.15, 0.2) is 71.2 Å². The molecule has 0 radical (unpaired) electrons. The summed E-state index contributed by atoms with van der Waals surface area (Å²) >= 11 is 0. The van der Waals surface area contributed by atoms with Gasteiger partial charge in [-0.05, 0) is 11.6 Å². The van der Waals surface area contributed by atoms with E-state index in [1.165, 1.54) is 0 Å². The second kappa shape index (κ2) is 6.83. The lowest BCUT2D eigenvalue weighted by Crippen LogP contribution is -2.16. The van der Waals surface area contributed by atoms with Crippen molar-refractivity contribution in [2.45, 2.75) is 0 Å². The molecule has 0 aliphatic carbocycles. The van der Waals surface area contributed by atoms with E-state index in [9.17, 15) is 5.26 Å². The van der Waals surface area contributed by atoms with Crippen LogP contribution in [0.25, 0.3) is 6.08 Å². The van der Waals surface area contributed by atoms with Crippen LogP contribution in [-0.2, 0) is 0 Å². The van der Waals surface area contributed by atoms with Crippen molar-refractivity contribution in [1.29, 1.82) is 10.7 Å². The van der Waals surface area contributed by atoms with Gasteiger partial charge in [0.1, 0.15) is 11.9 Å². The van der Waals surface area contributed by atoms with Crippen molar-refractivity contribution in [2.75, 3.05) is 0 Å². The molecular formula is C17H14N4. The molecule has 3 N–H and O–H groups in total. The molecule has 4 nitrogen and oxygen atoms in total. The maximum atomic E-state index is 9.19. The molecule has 0 amide bonds. The van der Waals surface area contributed by atoms with Gasteiger partial charge in [0, 0.05) is 5.56 Å². The van der Waals surface area contributed by atoms with Crippen molar-refractivity contribution in [3.63, 3.8) is 0 Å². The summed E-state index contributed by atoms with van der Waals surface area (Å²) in [6, 6.07) is 20.4. The summed E-state index contributed by atoms with van der Waals surface area (Å²) in [6.45, 7) is 0. The van der Waals surface area contributed by atoms with Gasteiger partial charge in [0.05, 0.1) is 5.57 Å². The van der Waals surface area contributed by atoms with Crippen LogP contribution in [0.2, 0.25) is 0 Å². The normalized spacial score (nSPS) is 11.8. The van der Waals surface area contributed by atoms with Gasteiger partial charge >= 0.3 is 0 Å². The summed E-state index contributed by atoms with van der Waals surface area (Å²) in [5, 5.41) is 17.1. The monoisotopic (exact) mass is 274 g/mol. The van der Waals surface area contributed by atoms with Gasteiger partial charge in [-0.3, -0.25) is 5.41 Å². The molecule has 0 aliphatic rings. The number of aliphatic imine (C=N–C) groups is 1. The molecule has 2 aromatic rings. The van der Waals surface area contributed by atoms with Gasteiger partial charge < -0.3 is 5.73 Å². The van der Waals surface area contributed by atoms with Crippen LogP contribution in [0.3, 0.4) is 0 Å². The topological polar surface area (TPSA) is 86.0 Å². The number of amidine groups is 2. The van der Waals surface area contributed by atoms with Gasteiger partial charge in [0.25, 0.3) is 0 Å². The molecule has 0 saturated carbocycles. The van der Waals surface area contributed by atoms with E-state index >= 15 is 0 Å². The third-order valence-corrected chi connectivity index (χ3v) is 2.79. The average Bonchev–Trinajstić information content (AvgIpc) is 2.54. The lowest BCUT2D eigenvalue weighted by atomic mass is 10.1. The number of nitriles is 1. The van der Waals surface area contributed by atoms with Crippen molar-refractivity contribution in [3.05, 3.63) is 77.4 Å². The Morgan fingerprint density at radius 3 is 2.19 bits per heavy atom. The van der Waals surface area contributed by atoms with E-state index in [-0.39, 0.29) is 17.2 Å². The molecule has 0 saturated heterocycles. The fraction of sp³-hybridized carbons (Fsp3) is 0. The highest BCUT2D eigenvalue weighted by Crippen LogP contribution is 2.07. The number of benzene rings is 2. The molecule has 0 heterocycles. The Morgan fingerprint density at radius 2 is 1.62 bits per heavy atom. The molecule has 2 rings (SSSR count). The van der Waals surface area contributed by atoms with Crippen molar-refractivity contribution in [2.24, 2.45) is 10.7 Å². The summed E-state index contributed by atoms with van der Waals surface area (Å²) in [6.07, 6.45) is 1.65. The van der Waals surface area contributed by atoms with E-state index in [0.29, 0.717) is 5.56 Å². The smallest absolute Gasteiger partial charge is 0.154 e. The van der Waals surface area contributed by atoms with Crippen LogP contribution < -0.4 is 5.73 Å². The van der Waals surface area contributed by atoms with Crippen LogP contribution in [-0.4, -0.2) is 11.7 Å². The molecule has 4 heteroatoms. The SMILES string of the molecule is N#C/C(=C\c1ccccc1)C(N)=NC(=N)c1ccccc1. The molecule has 0 spiro atoms. The standard InChI is InChI=1S/C17H14N4/c18-12-15(11-13-7-3-1-4-8-13)17(20)21-16(19)14-9-5-2-6-10-14/h1-11H,(H3,19,20,21)/b15-11+. The van der Waals surface area contributed by atoms with Gasteiger partial charge in [-0.1, -0.05) is 60.7 Å². The minimum absolute atomic E-state index is 0.0299. The van der Waals surface area contributed by atoms with Crippen LogP contribution >= 0.6 is 0 Å². The lowest BCUT2D eigenvalue weighted by Gasteiger charge is -2.01. The fourth-order valence-electron chi connectivity index (χ4n) is 1.72. The molecule has 0 atom stereocenters. The van der Waals surface area contributed by atoms with Crippen LogP contribution in [0.5, 0.6) is 0 Å². The molecule has 0 fully saturated rings. The maximum absolute atomic E-state index is 9.19. The highest BCUT2D eigenvalue weighted by Gasteiger charge is 2.05. The van der Waals surface area contributed by atoms with Gasteiger partial charge in [0.15, 0.2) is 5.84 Å². The van der Waals surface area contributed by atoms with Crippen molar-refractivity contribution in [1.82, 2.24) is 0 Å². The molecule has 102 valence electrons. The molecule has 21 heavy (non-hydrogen) atoms. The first-order chi connectivity index (χ1) is 10.2. The predicted molar refractivity (Wildman–Crippen MR) is 84.9 cm³/mol. The fourth-order valence-corrected chi connectivity index (χ4v) is 1.72. The highest BCUT2D eigenvalue weighted by molar-refractivity contribution is 6.12. The zero-order valence-corrected chi connectivity index (χ0v) is 11.3. The first-order valence-corrected chi connectivity index (χ1v) is 6.36. The second-order valence-electron chi connectivity index (χ2n) is 4.29. The minimum Gasteiger partial charge on any atom is -0.383 e. The molecule has 0 aromatic heterocycles. The van der Waals surface area contributed by atoms with Gasteiger partial charge in [-0.25, -0.2) is 4.99 Å². The Labute approximate surface area is 123 Å². The van der Waals surface area contributed by atoms with Crippen LogP contribution in [0.1, 0.15) is 11.1 Å². The highest BCUT2D eigenvalue weighted by atomic mass is 14.9. The number of nitrogens with zero attached hydrogens (tertiary/aromatic N) is 2. The Hall–Kier alpha value is -3.19. The number of rotatable bonds is 3. The van der Waals surface area contributed by atoms with Crippen LogP contribution in [0, 0.1) is 16.7 Å². The maximum Gasteiger partial charge on any atom is 0.154 e. The van der Waals surface area contributed by atoms with E-state index in [1.807, 2.05) is 54.6 Å². The van der Waals surface area contributed by atoms with Gasteiger partial charge in [0.2, 0.25) is 0 Å². The number of hydrogen-bond acceptors (Lipinski definition) is 2. The lowest BCUT2D eigenvalue weighted by molar-refractivity contribution is 1.40. The van der Waals surface area contributed by atoms with Crippen molar-refractivity contribution < 1.29 is 0 Å². The molecule has 0 aliphatic heterocycles. The first-order valence-electron chi connectivity index (χ1n) is 6.36. The first kappa shape index (κ1) is 14.2. The number of nitrogens with one attached hydrogen (secondary N) is 1. The molecular weight excluding hydrogens is 260 g/mol. The largest absolute Gasteiger partial charge is 0.383 e. The second-order valence-corrected chi connectivity index (χ2v) is 4.29. The van der Waals surface area contributed by atoms with E-state index in [2.05, 4.69) is 4.99 Å². The summed E-state index contributed by atoms with van der Waals surface area (Å²) < 4.78 is 0. The predicted octanol–water partition coefficient (Wildman–Crippen LogP) is 2.98. The minimum atomic E-state index is 0.0299. The molecule has 0 bridgehead atoms. The average molecular weight is 274 g/mol. The Kier molecular flexibility index (Phi) is 4.62. The third-order valence-electron chi connectivity index (χ3n) is 2.79. The zero-order chi connectivity index (χ0) is 15.1. The number of hydrogen-bond donors (Lipinski definition) is 2. The van der Waals surface area contributed by atoms with Crippen molar-refractivity contribution >= 4 is 17.7 Å². The van der Waals surface area contributed by atoms with Gasteiger partial charge in [-0.2, -0.15) is 5.26 Å². The van der Waals surface area contributed by atoms with Crippen LogP contribution in [0.4, 0.5) is 0 Å². The third kappa shape index (κ3) is 3.88.